The van der Waals surface area contributed by atoms with E-state index in [2.05, 4.69) is 16.6 Å². The second-order valence-electron chi connectivity index (χ2n) is 4.71. The van der Waals surface area contributed by atoms with Gasteiger partial charge in [-0.2, -0.15) is 0 Å². The first-order valence-electron chi connectivity index (χ1n) is 5.54. The topological polar surface area (TPSA) is 42.0 Å². The Labute approximate surface area is 100 Å². The van der Waals surface area contributed by atoms with Crippen molar-refractivity contribution in [1.29, 1.82) is 0 Å². The van der Waals surface area contributed by atoms with E-state index in [0.29, 0.717) is 0 Å². The van der Waals surface area contributed by atoms with Gasteiger partial charge in [-0.3, -0.25) is 4.98 Å². The first-order chi connectivity index (χ1) is 7.45. The Hall–Kier alpha value is -0.740. The van der Waals surface area contributed by atoms with Crippen molar-refractivity contribution >= 4 is 11.0 Å². The van der Waals surface area contributed by atoms with Crippen molar-refractivity contribution in [3.05, 3.63) is 30.1 Å². The molecule has 0 bridgehead atoms. The first kappa shape index (κ1) is 13.3. The minimum absolute atomic E-state index is 0.0567. The predicted molar refractivity (Wildman–Crippen MR) is 68.3 cm³/mol. The Morgan fingerprint density at radius 1 is 1.44 bits per heavy atom. The van der Waals surface area contributed by atoms with Gasteiger partial charge in [-0.25, -0.2) is 8.93 Å². The third-order valence-electron chi connectivity index (χ3n) is 2.26. The molecule has 0 aliphatic carbocycles. The van der Waals surface area contributed by atoms with Gasteiger partial charge < -0.3 is 0 Å². The summed E-state index contributed by atoms with van der Waals surface area (Å²) in [4.78, 5) is 4.29. The van der Waals surface area contributed by atoms with Crippen LogP contribution in [-0.4, -0.2) is 13.9 Å². The number of pyridine rings is 1. The lowest BCUT2D eigenvalue weighted by atomic mass is 10.1. The average molecular weight is 240 g/mol. The van der Waals surface area contributed by atoms with E-state index in [1.807, 2.05) is 39.0 Å². The van der Waals surface area contributed by atoms with Crippen LogP contribution in [0.3, 0.4) is 0 Å². The number of rotatable bonds is 4. The normalized spacial score (nSPS) is 15.8. The van der Waals surface area contributed by atoms with E-state index in [1.54, 1.807) is 6.20 Å². The third-order valence-corrected chi connectivity index (χ3v) is 3.87. The van der Waals surface area contributed by atoms with E-state index in [1.165, 1.54) is 0 Å². The quantitative estimate of drug-likeness (QED) is 0.879. The van der Waals surface area contributed by atoms with E-state index in [4.69, 9.17) is 0 Å². The van der Waals surface area contributed by atoms with Gasteiger partial charge in [-0.15, -0.1) is 0 Å². The second kappa shape index (κ2) is 5.55. The van der Waals surface area contributed by atoms with Crippen LogP contribution in [0.5, 0.6) is 0 Å². The van der Waals surface area contributed by atoms with E-state index < -0.39 is 11.0 Å². The third kappa shape index (κ3) is 3.68. The van der Waals surface area contributed by atoms with Gasteiger partial charge in [0.05, 0.1) is 27.5 Å². The lowest BCUT2D eigenvalue weighted by molar-refractivity contribution is 0.580. The van der Waals surface area contributed by atoms with Crippen LogP contribution in [0, 0.1) is 0 Å². The maximum atomic E-state index is 12.0. The standard InChI is InChI=1S/C12H20N2OS/c1-5-10(11-8-6-7-9-13-11)14-16(15)12(2,3)4/h6-10,14H,5H2,1-4H3. The largest absolute Gasteiger partial charge is 0.260 e. The average Bonchev–Trinajstić information content (AvgIpc) is 2.25. The Balaban J connectivity index is 2.75. The zero-order valence-electron chi connectivity index (χ0n) is 10.4. The van der Waals surface area contributed by atoms with E-state index in [9.17, 15) is 4.21 Å². The summed E-state index contributed by atoms with van der Waals surface area (Å²) in [6.45, 7) is 7.94. The summed E-state index contributed by atoms with van der Waals surface area (Å²) < 4.78 is 14.9. The van der Waals surface area contributed by atoms with E-state index in [-0.39, 0.29) is 10.8 Å². The summed E-state index contributed by atoms with van der Waals surface area (Å²) in [5.74, 6) is 0. The molecule has 0 aromatic carbocycles. The molecule has 0 amide bonds. The molecule has 1 aromatic rings. The molecule has 1 rings (SSSR count). The molecular weight excluding hydrogens is 220 g/mol. The van der Waals surface area contributed by atoms with Gasteiger partial charge in [0.1, 0.15) is 0 Å². The number of hydrogen-bond acceptors (Lipinski definition) is 2. The van der Waals surface area contributed by atoms with E-state index in [0.717, 1.165) is 12.1 Å². The van der Waals surface area contributed by atoms with Crippen LogP contribution in [0.4, 0.5) is 0 Å². The molecule has 1 N–H and O–H groups in total. The maximum Gasteiger partial charge on any atom is 0.0976 e. The van der Waals surface area contributed by atoms with Crippen LogP contribution in [0.2, 0.25) is 0 Å². The van der Waals surface area contributed by atoms with Crippen molar-refractivity contribution in [2.75, 3.05) is 0 Å². The smallest absolute Gasteiger partial charge is 0.0976 e. The summed E-state index contributed by atoms with van der Waals surface area (Å²) in [7, 11) is -1.06. The highest BCUT2D eigenvalue weighted by atomic mass is 32.2. The maximum absolute atomic E-state index is 12.0. The van der Waals surface area contributed by atoms with Crippen LogP contribution in [0.1, 0.15) is 45.9 Å². The summed E-state index contributed by atoms with van der Waals surface area (Å²) in [5, 5.41) is 0. The van der Waals surface area contributed by atoms with Crippen LogP contribution in [-0.2, 0) is 11.0 Å². The van der Waals surface area contributed by atoms with Crippen molar-refractivity contribution in [3.8, 4) is 0 Å². The second-order valence-corrected chi connectivity index (χ2v) is 6.71. The molecule has 0 saturated heterocycles. The molecule has 0 spiro atoms. The zero-order valence-corrected chi connectivity index (χ0v) is 11.2. The zero-order chi connectivity index (χ0) is 12.2. The molecule has 4 heteroatoms. The molecule has 0 aliphatic rings. The van der Waals surface area contributed by atoms with Crippen LogP contribution < -0.4 is 4.72 Å². The van der Waals surface area contributed by atoms with Gasteiger partial charge in [-0.1, -0.05) is 13.0 Å². The van der Waals surface area contributed by atoms with Crippen molar-refractivity contribution < 1.29 is 4.21 Å². The van der Waals surface area contributed by atoms with Crippen LogP contribution in [0.25, 0.3) is 0 Å². The number of nitrogens with zero attached hydrogens (tertiary/aromatic N) is 1. The highest BCUT2D eigenvalue weighted by Gasteiger charge is 2.23. The van der Waals surface area contributed by atoms with Gasteiger partial charge in [0.2, 0.25) is 0 Å². The summed E-state index contributed by atoms with van der Waals surface area (Å²) in [5.41, 5.74) is 0.947. The molecule has 2 atom stereocenters. The molecule has 0 fully saturated rings. The van der Waals surface area contributed by atoms with Gasteiger partial charge in [0.25, 0.3) is 0 Å². The van der Waals surface area contributed by atoms with Crippen LogP contribution in [0.15, 0.2) is 24.4 Å². The lowest BCUT2D eigenvalue weighted by Gasteiger charge is -2.23. The van der Waals surface area contributed by atoms with Crippen molar-refractivity contribution in [2.24, 2.45) is 0 Å². The highest BCUT2D eigenvalue weighted by molar-refractivity contribution is 7.84. The number of nitrogens with one attached hydrogen (secondary N) is 1. The summed E-state index contributed by atoms with van der Waals surface area (Å²) in [6, 6.07) is 5.85. The van der Waals surface area contributed by atoms with Gasteiger partial charge >= 0.3 is 0 Å². The van der Waals surface area contributed by atoms with Gasteiger partial charge in [-0.05, 0) is 39.3 Å². The predicted octanol–water partition coefficient (Wildman–Crippen LogP) is 2.58. The van der Waals surface area contributed by atoms with Crippen molar-refractivity contribution in [2.45, 2.75) is 44.9 Å². The lowest BCUT2D eigenvalue weighted by Crippen LogP contribution is -2.35. The SMILES string of the molecule is CCC(NS(=O)C(C)(C)C)c1ccccn1. The molecule has 1 heterocycles. The molecule has 0 saturated carbocycles. The Bertz CT molecular complexity index is 346. The highest BCUT2D eigenvalue weighted by Crippen LogP contribution is 2.17. The molecule has 1 aromatic heterocycles. The fourth-order valence-electron chi connectivity index (χ4n) is 1.24. The van der Waals surface area contributed by atoms with Crippen molar-refractivity contribution in [1.82, 2.24) is 9.71 Å². The minimum atomic E-state index is -1.06. The molecule has 0 radical (unpaired) electrons. The number of hydrogen-bond donors (Lipinski definition) is 1. The number of aromatic nitrogens is 1. The monoisotopic (exact) mass is 240 g/mol. The molecule has 90 valence electrons. The summed E-state index contributed by atoms with van der Waals surface area (Å²) in [6.07, 6.45) is 2.64. The fraction of sp³-hybridized carbons (Fsp3) is 0.583. The molecule has 3 nitrogen and oxygen atoms in total. The summed E-state index contributed by atoms with van der Waals surface area (Å²) >= 11 is 0. The molecule has 0 aliphatic heterocycles. The first-order valence-corrected chi connectivity index (χ1v) is 6.69. The van der Waals surface area contributed by atoms with Crippen molar-refractivity contribution in [3.63, 3.8) is 0 Å². The fourth-order valence-corrected chi connectivity index (χ4v) is 2.14. The molecule has 16 heavy (non-hydrogen) atoms. The Morgan fingerprint density at radius 2 is 2.12 bits per heavy atom. The minimum Gasteiger partial charge on any atom is -0.260 e. The molecular formula is C12H20N2OS. The van der Waals surface area contributed by atoms with Crippen LogP contribution >= 0.6 is 0 Å². The van der Waals surface area contributed by atoms with Gasteiger partial charge in [0, 0.05) is 6.20 Å². The Morgan fingerprint density at radius 3 is 2.56 bits per heavy atom. The van der Waals surface area contributed by atoms with E-state index >= 15 is 0 Å². The van der Waals surface area contributed by atoms with Gasteiger partial charge in [0.15, 0.2) is 0 Å². The Kier molecular flexibility index (Phi) is 4.62. The molecule has 2 unspecified atom stereocenters.